The number of carbonyl (C=O) groups is 1. The van der Waals surface area contributed by atoms with Crippen LogP contribution in [0.25, 0.3) is 0 Å². The Labute approximate surface area is 113 Å². The maximum absolute atomic E-state index is 11.7. The lowest BCUT2D eigenvalue weighted by atomic mass is 10.0. The van der Waals surface area contributed by atoms with E-state index in [0.717, 1.165) is 17.0 Å². The molecular formula is C13H23N3O3. The van der Waals surface area contributed by atoms with E-state index in [1.54, 1.807) is 0 Å². The van der Waals surface area contributed by atoms with Crippen LogP contribution in [-0.2, 0) is 11.2 Å². The van der Waals surface area contributed by atoms with Gasteiger partial charge in [-0.05, 0) is 41.0 Å². The molecule has 0 aliphatic rings. The van der Waals surface area contributed by atoms with Crippen molar-refractivity contribution in [1.82, 2.24) is 10.5 Å². The second kappa shape index (κ2) is 6.06. The second-order valence-electron chi connectivity index (χ2n) is 5.59. The van der Waals surface area contributed by atoms with Gasteiger partial charge in [0.1, 0.15) is 11.4 Å². The molecule has 1 heterocycles. The van der Waals surface area contributed by atoms with Gasteiger partial charge in [0.25, 0.3) is 0 Å². The number of ether oxygens (including phenoxy) is 1. The lowest BCUT2D eigenvalue weighted by molar-refractivity contribution is 0.0505. The minimum absolute atomic E-state index is 0.202. The van der Waals surface area contributed by atoms with Crippen LogP contribution >= 0.6 is 0 Å². The number of amides is 1. The standard InChI is InChI=1S/C13H23N3O3/c1-8-11(9(2)19-16-8)6-10(7-14)15-12(17)18-13(3,4)5/h10H,6-7,14H2,1-5H3,(H,15,17). The zero-order valence-corrected chi connectivity index (χ0v) is 12.2. The predicted octanol–water partition coefficient (Wildman–Crippen LogP) is 1.69. The van der Waals surface area contributed by atoms with Crippen LogP contribution in [0.2, 0.25) is 0 Å². The Bertz CT molecular complexity index is 415. The number of rotatable bonds is 4. The van der Waals surface area contributed by atoms with Gasteiger partial charge in [0.15, 0.2) is 0 Å². The fourth-order valence-corrected chi connectivity index (χ4v) is 1.71. The summed E-state index contributed by atoms with van der Waals surface area (Å²) in [4.78, 5) is 11.7. The van der Waals surface area contributed by atoms with E-state index in [2.05, 4.69) is 10.5 Å². The number of aryl methyl sites for hydroxylation is 2. The Hall–Kier alpha value is -1.56. The number of carbonyl (C=O) groups excluding carboxylic acids is 1. The molecule has 19 heavy (non-hydrogen) atoms. The highest BCUT2D eigenvalue weighted by Gasteiger charge is 2.21. The Kier molecular flexibility index (Phi) is 4.94. The summed E-state index contributed by atoms with van der Waals surface area (Å²) >= 11 is 0. The minimum Gasteiger partial charge on any atom is -0.444 e. The fraction of sp³-hybridized carbons (Fsp3) is 0.692. The molecule has 0 fully saturated rings. The average Bonchev–Trinajstić information content (AvgIpc) is 2.57. The van der Waals surface area contributed by atoms with Crippen molar-refractivity contribution in [2.45, 2.75) is 52.7 Å². The molecule has 6 nitrogen and oxygen atoms in total. The number of nitrogens with one attached hydrogen (secondary N) is 1. The summed E-state index contributed by atoms with van der Waals surface area (Å²) in [6, 6.07) is -0.202. The first-order valence-electron chi connectivity index (χ1n) is 6.34. The molecule has 1 rings (SSSR count). The Balaban J connectivity index is 2.62. The first-order chi connectivity index (χ1) is 8.73. The zero-order chi connectivity index (χ0) is 14.6. The molecule has 1 amide bonds. The van der Waals surface area contributed by atoms with Gasteiger partial charge in [-0.1, -0.05) is 5.16 Å². The number of nitrogens with two attached hydrogens (primary N) is 1. The normalized spacial score (nSPS) is 13.2. The van der Waals surface area contributed by atoms with Gasteiger partial charge in [0.2, 0.25) is 0 Å². The molecule has 0 spiro atoms. The van der Waals surface area contributed by atoms with Crippen molar-refractivity contribution >= 4 is 6.09 Å². The van der Waals surface area contributed by atoms with Crippen molar-refractivity contribution in [3.63, 3.8) is 0 Å². The van der Waals surface area contributed by atoms with E-state index in [4.69, 9.17) is 15.0 Å². The van der Waals surface area contributed by atoms with E-state index < -0.39 is 11.7 Å². The minimum atomic E-state index is -0.522. The molecule has 6 heteroatoms. The van der Waals surface area contributed by atoms with Crippen LogP contribution in [0.4, 0.5) is 4.79 Å². The third-order valence-corrected chi connectivity index (χ3v) is 2.64. The Morgan fingerprint density at radius 2 is 2.11 bits per heavy atom. The van der Waals surface area contributed by atoms with Crippen LogP contribution in [-0.4, -0.2) is 29.4 Å². The highest BCUT2D eigenvalue weighted by atomic mass is 16.6. The third kappa shape index (κ3) is 4.90. The largest absolute Gasteiger partial charge is 0.444 e. The van der Waals surface area contributed by atoms with E-state index in [0.29, 0.717) is 13.0 Å². The smallest absolute Gasteiger partial charge is 0.407 e. The summed E-state index contributed by atoms with van der Waals surface area (Å²) in [6.07, 6.45) is 0.117. The van der Waals surface area contributed by atoms with Crippen LogP contribution < -0.4 is 11.1 Å². The molecule has 1 unspecified atom stereocenters. The molecular weight excluding hydrogens is 246 g/mol. The van der Waals surface area contributed by atoms with Gasteiger partial charge in [-0.25, -0.2) is 4.79 Å². The molecule has 1 aromatic heterocycles. The third-order valence-electron chi connectivity index (χ3n) is 2.64. The highest BCUT2D eigenvalue weighted by Crippen LogP contribution is 2.14. The van der Waals surface area contributed by atoms with Crippen molar-refractivity contribution in [2.75, 3.05) is 6.54 Å². The van der Waals surface area contributed by atoms with E-state index in [1.807, 2.05) is 34.6 Å². The summed E-state index contributed by atoms with van der Waals surface area (Å²) in [6.45, 7) is 9.49. The van der Waals surface area contributed by atoms with Crippen LogP contribution in [0.5, 0.6) is 0 Å². The summed E-state index contributed by atoms with van der Waals surface area (Å²) < 4.78 is 10.3. The zero-order valence-electron chi connectivity index (χ0n) is 12.2. The SMILES string of the molecule is Cc1noc(C)c1CC(CN)NC(=O)OC(C)(C)C. The van der Waals surface area contributed by atoms with E-state index in [1.165, 1.54) is 0 Å². The van der Waals surface area contributed by atoms with Crippen molar-refractivity contribution in [1.29, 1.82) is 0 Å². The molecule has 0 saturated heterocycles. The molecule has 3 N–H and O–H groups in total. The summed E-state index contributed by atoms with van der Waals surface area (Å²) in [5.41, 5.74) is 6.96. The molecule has 0 aliphatic carbocycles. The average molecular weight is 269 g/mol. The van der Waals surface area contributed by atoms with Crippen molar-refractivity contribution in [2.24, 2.45) is 5.73 Å². The van der Waals surface area contributed by atoms with Crippen molar-refractivity contribution in [3.8, 4) is 0 Å². The van der Waals surface area contributed by atoms with Gasteiger partial charge < -0.3 is 20.3 Å². The lowest BCUT2D eigenvalue weighted by Gasteiger charge is -2.23. The number of aromatic nitrogens is 1. The monoisotopic (exact) mass is 269 g/mol. The molecule has 108 valence electrons. The topological polar surface area (TPSA) is 90.4 Å². The first-order valence-corrected chi connectivity index (χ1v) is 6.34. The Morgan fingerprint density at radius 1 is 1.47 bits per heavy atom. The number of hydrogen-bond acceptors (Lipinski definition) is 5. The predicted molar refractivity (Wildman–Crippen MR) is 71.9 cm³/mol. The van der Waals surface area contributed by atoms with Crippen LogP contribution in [0.3, 0.4) is 0 Å². The van der Waals surface area contributed by atoms with Gasteiger partial charge in [0, 0.05) is 18.2 Å². The van der Waals surface area contributed by atoms with Gasteiger partial charge in [-0.15, -0.1) is 0 Å². The van der Waals surface area contributed by atoms with Gasteiger partial charge >= 0.3 is 6.09 Å². The van der Waals surface area contributed by atoms with Gasteiger partial charge in [-0.3, -0.25) is 0 Å². The number of nitrogens with zero attached hydrogens (tertiary/aromatic N) is 1. The van der Waals surface area contributed by atoms with Crippen molar-refractivity contribution < 1.29 is 14.1 Å². The highest BCUT2D eigenvalue weighted by molar-refractivity contribution is 5.68. The quantitative estimate of drug-likeness (QED) is 0.868. The molecule has 0 bridgehead atoms. The maximum Gasteiger partial charge on any atom is 0.407 e. The molecule has 1 atom stereocenters. The summed E-state index contributed by atoms with van der Waals surface area (Å²) in [7, 11) is 0. The Morgan fingerprint density at radius 3 is 2.53 bits per heavy atom. The lowest BCUT2D eigenvalue weighted by Crippen LogP contribution is -2.44. The number of hydrogen-bond donors (Lipinski definition) is 2. The van der Waals surface area contributed by atoms with Crippen LogP contribution in [0.15, 0.2) is 4.52 Å². The molecule has 0 aliphatic heterocycles. The summed E-state index contributed by atoms with van der Waals surface area (Å²) in [5.74, 6) is 0.752. The maximum atomic E-state index is 11.7. The second-order valence-corrected chi connectivity index (χ2v) is 5.59. The van der Waals surface area contributed by atoms with Gasteiger partial charge in [0.05, 0.1) is 5.69 Å². The van der Waals surface area contributed by atoms with Crippen LogP contribution in [0.1, 0.15) is 37.8 Å². The molecule has 1 aromatic rings. The van der Waals surface area contributed by atoms with E-state index in [9.17, 15) is 4.79 Å². The van der Waals surface area contributed by atoms with Crippen LogP contribution in [0, 0.1) is 13.8 Å². The fourth-order valence-electron chi connectivity index (χ4n) is 1.71. The van der Waals surface area contributed by atoms with E-state index in [-0.39, 0.29) is 6.04 Å². The molecule has 0 saturated carbocycles. The number of alkyl carbamates (subject to hydrolysis) is 1. The van der Waals surface area contributed by atoms with Gasteiger partial charge in [-0.2, -0.15) is 0 Å². The molecule has 0 radical (unpaired) electrons. The first kappa shape index (κ1) is 15.5. The van der Waals surface area contributed by atoms with Crippen molar-refractivity contribution in [3.05, 3.63) is 17.0 Å². The summed E-state index contributed by atoms with van der Waals surface area (Å²) in [5, 5.41) is 6.64. The van der Waals surface area contributed by atoms with E-state index >= 15 is 0 Å². The molecule has 0 aromatic carbocycles.